The molecule has 1 atom stereocenters. The first-order valence-electron chi connectivity index (χ1n) is 4.98. The first-order chi connectivity index (χ1) is 7.39. The van der Waals surface area contributed by atoms with Crippen LogP contribution in [0.4, 0.5) is 5.69 Å². The molecule has 0 radical (unpaired) electrons. The van der Waals surface area contributed by atoms with E-state index in [1.54, 1.807) is 32.0 Å². The van der Waals surface area contributed by atoms with E-state index in [0.717, 1.165) is 0 Å². The van der Waals surface area contributed by atoms with Crippen LogP contribution in [0.2, 0.25) is 0 Å². The molecule has 0 aliphatic rings. The van der Waals surface area contributed by atoms with E-state index in [4.69, 9.17) is 10.5 Å². The van der Waals surface area contributed by atoms with Crippen molar-refractivity contribution in [3.8, 4) is 0 Å². The Balaban J connectivity index is 3.17. The van der Waals surface area contributed by atoms with Gasteiger partial charge in [0, 0.05) is 12.8 Å². The molecule has 0 aliphatic carbocycles. The molecule has 1 aromatic carbocycles. The van der Waals surface area contributed by atoms with E-state index in [9.17, 15) is 8.42 Å². The normalized spacial score (nSPS) is 13.7. The van der Waals surface area contributed by atoms with Crippen LogP contribution in [-0.2, 0) is 14.6 Å². The number of methoxy groups -OCH3 is 1. The first kappa shape index (κ1) is 13.0. The summed E-state index contributed by atoms with van der Waals surface area (Å²) in [5, 5.41) is -0.556. The SMILES string of the molecule is COCC(C)S(=O)(=O)c1ccc(N)cc1C. The number of nitrogen functional groups attached to an aromatic ring is 1. The highest BCUT2D eigenvalue weighted by atomic mass is 32.2. The summed E-state index contributed by atoms with van der Waals surface area (Å²) < 4.78 is 29.1. The minimum absolute atomic E-state index is 0.187. The number of hydrogen-bond donors (Lipinski definition) is 1. The Morgan fingerprint density at radius 1 is 1.44 bits per heavy atom. The lowest BCUT2D eigenvalue weighted by molar-refractivity contribution is 0.200. The predicted octanol–water partition coefficient (Wildman–Crippen LogP) is 1.39. The number of nitrogens with two attached hydrogens (primary N) is 1. The predicted molar refractivity (Wildman–Crippen MR) is 64.1 cm³/mol. The average molecular weight is 243 g/mol. The molecular weight excluding hydrogens is 226 g/mol. The fraction of sp³-hybridized carbons (Fsp3) is 0.455. The Kier molecular flexibility index (Phi) is 3.93. The van der Waals surface area contributed by atoms with Gasteiger partial charge in [0.1, 0.15) is 0 Å². The highest BCUT2D eigenvalue weighted by Gasteiger charge is 2.24. The molecule has 0 saturated heterocycles. The van der Waals surface area contributed by atoms with Crippen molar-refractivity contribution in [3.05, 3.63) is 23.8 Å². The maximum atomic E-state index is 12.1. The maximum Gasteiger partial charge on any atom is 0.183 e. The van der Waals surface area contributed by atoms with Crippen molar-refractivity contribution in [2.75, 3.05) is 19.5 Å². The van der Waals surface area contributed by atoms with E-state index in [2.05, 4.69) is 0 Å². The topological polar surface area (TPSA) is 69.4 Å². The summed E-state index contributed by atoms with van der Waals surface area (Å²) in [5.74, 6) is 0. The summed E-state index contributed by atoms with van der Waals surface area (Å²) >= 11 is 0. The standard InChI is InChI=1S/C11H17NO3S/c1-8-6-10(12)4-5-11(8)16(13,14)9(2)7-15-3/h4-6,9H,7,12H2,1-3H3. The van der Waals surface area contributed by atoms with E-state index < -0.39 is 15.1 Å². The maximum absolute atomic E-state index is 12.1. The molecular formula is C11H17NO3S. The van der Waals surface area contributed by atoms with E-state index in [0.29, 0.717) is 16.1 Å². The molecule has 1 aromatic rings. The van der Waals surface area contributed by atoms with Crippen molar-refractivity contribution in [1.82, 2.24) is 0 Å². The van der Waals surface area contributed by atoms with Crippen molar-refractivity contribution in [1.29, 1.82) is 0 Å². The van der Waals surface area contributed by atoms with E-state index in [1.165, 1.54) is 7.11 Å². The quantitative estimate of drug-likeness (QED) is 0.811. The summed E-state index contributed by atoms with van der Waals surface area (Å²) in [6.07, 6.45) is 0. The molecule has 5 heteroatoms. The third-order valence-corrected chi connectivity index (χ3v) is 4.70. The highest BCUT2D eigenvalue weighted by molar-refractivity contribution is 7.92. The van der Waals surface area contributed by atoms with Gasteiger partial charge < -0.3 is 10.5 Å². The van der Waals surface area contributed by atoms with Gasteiger partial charge in [-0.3, -0.25) is 0 Å². The Hall–Kier alpha value is -1.07. The smallest absolute Gasteiger partial charge is 0.183 e. The molecule has 0 fully saturated rings. The summed E-state index contributed by atoms with van der Waals surface area (Å²) in [6.45, 7) is 3.56. The lowest BCUT2D eigenvalue weighted by Gasteiger charge is -2.14. The van der Waals surface area contributed by atoms with Crippen molar-refractivity contribution in [2.45, 2.75) is 24.0 Å². The molecule has 0 amide bonds. The number of rotatable bonds is 4. The Bertz CT molecular complexity index is 468. The van der Waals surface area contributed by atoms with Gasteiger partial charge in [-0.15, -0.1) is 0 Å². The first-order valence-corrected chi connectivity index (χ1v) is 6.53. The van der Waals surface area contributed by atoms with Crippen LogP contribution in [0.3, 0.4) is 0 Å². The molecule has 0 aliphatic heterocycles. The fourth-order valence-electron chi connectivity index (χ4n) is 1.53. The van der Waals surface area contributed by atoms with Gasteiger partial charge in [0.05, 0.1) is 16.8 Å². The third kappa shape index (κ3) is 2.54. The van der Waals surface area contributed by atoms with Crippen LogP contribution < -0.4 is 5.73 Å². The van der Waals surface area contributed by atoms with Crippen molar-refractivity contribution in [3.63, 3.8) is 0 Å². The van der Waals surface area contributed by atoms with Gasteiger partial charge in [0.15, 0.2) is 9.84 Å². The summed E-state index contributed by atoms with van der Waals surface area (Å²) in [7, 11) is -1.84. The zero-order valence-corrected chi connectivity index (χ0v) is 10.5. The van der Waals surface area contributed by atoms with Crippen molar-refractivity contribution < 1.29 is 13.2 Å². The molecule has 0 spiro atoms. The van der Waals surface area contributed by atoms with Crippen LogP contribution in [0, 0.1) is 6.92 Å². The number of benzene rings is 1. The molecule has 2 N–H and O–H groups in total. The van der Waals surface area contributed by atoms with Crippen molar-refractivity contribution >= 4 is 15.5 Å². The number of anilines is 1. The van der Waals surface area contributed by atoms with Crippen LogP contribution in [0.15, 0.2) is 23.1 Å². The van der Waals surface area contributed by atoms with Crippen LogP contribution in [-0.4, -0.2) is 27.4 Å². The molecule has 90 valence electrons. The Labute approximate surface area is 96.3 Å². The van der Waals surface area contributed by atoms with Gasteiger partial charge in [0.25, 0.3) is 0 Å². The van der Waals surface area contributed by atoms with Crippen LogP contribution in [0.25, 0.3) is 0 Å². The molecule has 0 saturated carbocycles. The molecule has 1 rings (SSSR count). The second kappa shape index (κ2) is 4.84. The second-order valence-electron chi connectivity index (χ2n) is 3.84. The molecule has 0 bridgehead atoms. The van der Waals surface area contributed by atoms with Crippen LogP contribution >= 0.6 is 0 Å². The average Bonchev–Trinajstić information content (AvgIpc) is 2.17. The zero-order valence-electron chi connectivity index (χ0n) is 9.73. The second-order valence-corrected chi connectivity index (χ2v) is 6.17. The highest BCUT2D eigenvalue weighted by Crippen LogP contribution is 2.22. The van der Waals surface area contributed by atoms with Gasteiger partial charge in [-0.1, -0.05) is 0 Å². The molecule has 0 aromatic heterocycles. The number of ether oxygens (including phenoxy) is 1. The lowest BCUT2D eigenvalue weighted by Crippen LogP contribution is -2.23. The van der Waals surface area contributed by atoms with Gasteiger partial charge in [-0.2, -0.15) is 0 Å². The van der Waals surface area contributed by atoms with Gasteiger partial charge in [0.2, 0.25) is 0 Å². The number of sulfone groups is 1. The van der Waals surface area contributed by atoms with Gasteiger partial charge in [-0.05, 0) is 37.6 Å². The van der Waals surface area contributed by atoms with Crippen molar-refractivity contribution in [2.24, 2.45) is 0 Å². The zero-order chi connectivity index (χ0) is 12.3. The molecule has 0 heterocycles. The third-order valence-electron chi connectivity index (χ3n) is 2.44. The summed E-state index contributed by atoms with van der Waals surface area (Å²) in [4.78, 5) is 0.325. The monoisotopic (exact) mass is 243 g/mol. The van der Waals surface area contributed by atoms with Crippen LogP contribution in [0.1, 0.15) is 12.5 Å². The summed E-state index contributed by atoms with van der Waals surface area (Å²) in [6, 6.07) is 4.80. The Morgan fingerprint density at radius 3 is 2.56 bits per heavy atom. The van der Waals surface area contributed by atoms with E-state index in [1.807, 2.05) is 0 Å². The van der Waals surface area contributed by atoms with Crippen LogP contribution in [0.5, 0.6) is 0 Å². The number of aryl methyl sites for hydroxylation is 1. The van der Waals surface area contributed by atoms with Gasteiger partial charge >= 0.3 is 0 Å². The largest absolute Gasteiger partial charge is 0.399 e. The Morgan fingerprint density at radius 2 is 2.06 bits per heavy atom. The van der Waals surface area contributed by atoms with E-state index >= 15 is 0 Å². The molecule has 4 nitrogen and oxygen atoms in total. The molecule has 1 unspecified atom stereocenters. The van der Waals surface area contributed by atoms with E-state index in [-0.39, 0.29) is 6.61 Å². The lowest BCUT2D eigenvalue weighted by atomic mass is 10.2. The van der Waals surface area contributed by atoms with Gasteiger partial charge in [-0.25, -0.2) is 8.42 Å². The minimum atomic E-state index is -3.33. The summed E-state index contributed by atoms with van der Waals surface area (Å²) in [5.41, 5.74) is 6.82. The minimum Gasteiger partial charge on any atom is -0.399 e. The number of hydrogen-bond acceptors (Lipinski definition) is 4. The molecule has 16 heavy (non-hydrogen) atoms. The fourth-order valence-corrected chi connectivity index (χ4v) is 3.05.